The standard InChI is InChI=1S/C20H22FN5OS/c1-11-8-14-6-5-7-25(18(14)16(21)9-11)17(27)10-15-12(2)22-19-23-20(28-4)24-26(19)13(15)3/h8-9H,5-7,10H2,1-4H3. The Morgan fingerprint density at radius 2 is 2.04 bits per heavy atom. The summed E-state index contributed by atoms with van der Waals surface area (Å²) in [5.74, 6) is 0.0765. The Labute approximate surface area is 167 Å². The number of thioether (sulfide) groups is 1. The Bertz CT molecular complexity index is 1090. The van der Waals surface area contributed by atoms with Crippen molar-refractivity contribution in [2.75, 3.05) is 17.7 Å². The van der Waals surface area contributed by atoms with E-state index in [1.165, 1.54) is 17.8 Å². The lowest BCUT2D eigenvalue weighted by Crippen LogP contribution is -2.37. The molecule has 4 rings (SSSR count). The number of carbonyl (C=O) groups excluding carboxylic acids is 1. The van der Waals surface area contributed by atoms with Gasteiger partial charge in [0.1, 0.15) is 5.82 Å². The highest BCUT2D eigenvalue weighted by Gasteiger charge is 2.27. The minimum atomic E-state index is -0.328. The van der Waals surface area contributed by atoms with Crippen molar-refractivity contribution in [2.45, 2.75) is 45.2 Å². The third kappa shape index (κ3) is 3.15. The molecule has 8 heteroatoms. The molecular weight excluding hydrogens is 377 g/mol. The minimum absolute atomic E-state index is 0.124. The molecule has 0 radical (unpaired) electrons. The Morgan fingerprint density at radius 3 is 2.79 bits per heavy atom. The number of aryl methyl sites for hydroxylation is 4. The summed E-state index contributed by atoms with van der Waals surface area (Å²) < 4.78 is 16.3. The summed E-state index contributed by atoms with van der Waals surface area (Å²) in [4.78, 5) is 23.6. The van der Waals surface area contributed by atoms with E-state index in [1.54, 1.807) is 9.42 Å². The second kappa shape index (κ2) is 7.16. The number of hydrogen-bond donors (Lipinski definition) is 0. The van der Waals surface area contributed by atoms with E-state index in [2.05, 4.69) is 15.1 Å². The fourth-order valence-electron chi connectivity index (χ4n) is 3.87. The Balaban J connectivity index is 1.70. The molecule has 0 unspecified atom stereocenters. The zero-order valence-corrected chi connectivity index (χ0v) is 17.2. The molecule has 1 aliphatic rings. The monoisotopic (exact) mass is 399 g/mol. The van der Waals surface area contributed by atoms with Crippen LogP contribution in [0, 0.1) is 26.6 Å². The third-order valence-corrected chi connectivity index (χ3v) is 5.76. The van der Waals surface area contributed by atoms with Gasteiger partial charge in [0.15, 0.2) is 0 Å². The van der Waals surface area contributed by atoms with Crippen molar-refractivity contribution in [3.05, 3.63) is 46.0 Å². The molecule has 0 fully saturated rings. The predicted molar refractivity (Wildman–Crippen MR) is 108 cm³/mol. The van der Waals surface area contributed by atoms with Crippen molar-refractivity contribution in [3.63, 3.8) is 0 Å². The van der Waals surface area contributed by atoms with E-state index in [9.17, 15) is 9.18 Å². The maximum atomic E-state index is 14.7. The number of rotatable bonds is 3. The molecule has 0 N–H and O–H groups in total. The van der Waals surface area contributed by atoms with Crippen molar-refractivity contribution >= 4 is 29.1 Å². The molecular formula is C20H22FN5OS. The number of nitrogens with zero attached hydrogens (tertiary/aromatic N) is 5. The molecule has 0 saturated heterocycles. The smallest absolute Gasteiger partial charge is 0.253 e. The molecule has 1 aromatic carbocycles. The molecule has 2 aromatic heterocycles. The fourth-order valence-corrected chi connectivity index (χ4v) is 4.20. The van der Waals surface area contributed by atoms with Crippen molar-refractivity contribution in [3.8, 4) is 0 Å². The normalized spacial score (nSPS) is 13.8. The second-order valence-electron chi connectivity index (χ2n) is 7.15. The number of carbonyl (C=O) groups is 1. The highest BCUT2D eigenvalue weighted by atomic mass is 32.2. The number of aromatic nitrogens is 4. The molecule has 1 aliphatic heterocycles. The van der Waals surface area contributed by atoms with Gasteiger partial charge >= 0.3 is 0 Å². The molecule has 146 valence electrons. The van der Waals surface area contributed by atoms with E-state index in [4.69, 9.17) is 0 Å². The molecule has 1 amide bonds. The van der Waals surface area contributed by atoms with Crippen LogP contribution in [-0.2, 0) is 17.6 Å². The number of hydrogen-bond acceptors (Lipinski definition) is 5. The van der Waals surface area contributed by atoms with Gasteiger partial charge in [-0.1, -0.05) is 17.8 Å². The van der Waals surface area contributed by atoms with Crippen LogP contribution in [0.2, 0.25) is 0 Å². The molecule has 0 saturated carbocycles. The van der Waals surface area contributed by atoms with E-state index < -0.39 is 0 Å². The molecule has 3 heterocycles. The van der Waals surface area contributed by atoms with Gasteiger partial charge < -0.3 is 4.90 Å². The molecule has 28 heavy (non-hydrogen) atoms. The van der Waals surface area contributed by atoms with Crippen LogP contribution in [0.1, 0.15) is 34.5 Å². The second-order valence-corrected chi connectivity index (χ2v) is 7.93. The zero-order chi connectivity index (χ0) is 20.0. The van der Waals surface area contributed by atoms with E-state index in [0.29, 0.717) is 23.2 Å². The molecule has 0 spiro atoms. The molecule has 0 atom stereocenters. The highest BCUT2D eigenvalue weighted by molar-refractivity contribution is 7.98. The van der Waals surface area contributed by atoms with Crippen LogP contribution in [0.4, 0.5) is 10.1 Å². The number of anilines is 1. The minimum Gasteiger partial charge on any atom is -0.309 e. The van der Waals surface area contributed by atoms with Crippen LogP contribution in [0.25, 0.3) is 5.78 Å². The van der Waals surface area contributed by atoms with Crippen LogP contribution in [0.15, 0.2) is 17.3 Å². The average Bonchev–Trinajstić information content (AvgIpc) is 3.07. The van der Waals surface area contributed by atoms with Gasteiger partial charge in [-0.3, -0.25) is 4.79 Å². The summed E-state index contributed by atoms with van der Waals surface area (Å²) >= 11 is 1.45. The van der Waals surface area contributed by atoms with Crippen LogP contribution in [-0.4, -0.2) is 38.3 Å². The average molecular weight is 399 g/mol. The molecule has 0 aliphatic carbocycles. The van der Waals surface area contributed by atoms with Gasteiger partial charge in [-0.05, 0) is 57.1 Å². The number of fused-ring (bicyclic) bond motifs is 2. The number of halogens is 1. The lowest BCUT2D eigenvalue weighted by molar-refractivity contribution is -0.118. The SMILES string of the molecule is CSc1nc2nc(C)c(CC(=O)N3CCCc4cc(C)cc(F)c43)c(C)n2n1. The quantitative estimate of drug-likeness (QED) is 0.632. The number of benzene rings is 1. The Hall–Kier alpha value is -2.48. The Kier molecular flexibility index (Phi) is 4.82. The highest BCUT2D eigenvalue weighted by Crippen LogP contribution is 2.32. The van der Waals surface area contributed by atoms with Gasteiger partial charge in [-0.25, -0.2) is 13.9 Å². The van der Waals surface area contributed by atoms with Crippen LogP contribution < -0.4 is 4.90 Å². The lowest BCUT2D eigenvalue weighted by atomic mass is 9.98. The predicted octanol–water partition coefficient (Wildman–Crippen LogP) is 3.43. The first-order valence-corrected chi connectivity index (χ1v) is 10.5. The largest absolute Gasteiger partial charge is 0.309 e. The zero-order valence-electron chi connectivity index (χ0n) is 16.4. The van der Waals surface area contributed by atoms with E-state index in [-0.39, 0.29) is 18.1 Å². The maximum Gasteiger partial charge on any atom is 0.253 e. The summed E-state index contributed by atoms with van der Waals surface area (Å²) in [6.45, 7) is 6.19. The van der Waals surface area contributed by atoms with E-state index >= 15 is 0 Å². The molecule has 0 bridgehead atoms. The fraction of sp³-hybridized carbons (Fsp3) is 0.400. The maximum absolute atomic E-state index is 14.7. The summed E-state index contributed by atoms with van der Waals surface area (Å²) in [6.07, 6.45) is 3.68. The van der Waals surface area contributed by atoms with Gasteiger partial charge in [-0.2, -0.15) is 4.98 Å². The van der Waals surface area contributed by atoms with E-state index in [1.807, 2.05) is 33.1 Å². The van der Waals surface area contributed by atoms with Gasteiger partial charge in [-0.15, -0.1) is 5.10 Å². The van der Waals surface area contributed by atoms with Crippen molar-refractivity contribution < 1.29 is 9.18 Å². The van der Waals surface area contributed by atoms with Crippen LogP contribution in [0.3, 0.4) is 0 Å². The summed E-state index contributed by atoms with van der Waals surface area (Å²) in [6, 6.07) is 3.47. The van der Waals surface area contributed by atoms with Crippen molar-refractivity contribution in [1.29, 1.82) is 0 Å². The van der Waals surface area contributed by atoms with Gasteiger partial charge in [0, 0.05) is 23.5 Å². The van der Waals surface area contributed by atoms with Crippen LogP contribution >= 0.6 is 11.8 Å². The van der Waals surface area contributed by atoms with Gasteiger partial charge in [0.05, 0.1) is 12.1 Å². The topological polar surface area (TPSA) is 63.4 Å². The first-order valence-electron chi connectivity index (χ1n) is 9.25. The number of amides is 1. The molecule has 3 aromatic rings. The van der Waals surface area contributed by atoms with Crippen molar-refractivity contribution in [1.82, 2.24) is 19.6 Å². The summed E-state index contributed by atoms with van der Waals surface area (Å²) in [5, 5.41) is 5.07. The van der Waals surface area contributed by atoms with Crippen molar-refractivity contribution in [2.24, 2.45) is 0 Å². The summed E-state index contributed by atoms with van der Waals surface area (Å²) in [5.41, 5.74) is 4.61. The summed E-state index contributed by atoms with van der Waals surface area (Å²) in [7, 11) is 0. The van der Waals surface area contributed by atoms with Crippen LogP contribution in [0.5, 0.6) is 0 Å². The third-order valence-electron chi connectivity index (χ3n) is 5.23. The first-order chi connectivity index (χ1) is 13.4. The van der Waals surface area contributed by atoms with Gasteiger partial charge in [0.2, 0.25) is 11.1 Å². The van der Waals surface area contributed by atoms with Gasteiger partial charge in [0.25, 0.3) is 5.78 Å². The van der Waals surface area contributed by atoms with E-state index in [0.717, 1.165) is 40.9 Å². The first kappa shape index (κ1) is 18.9. The lowest BCUT2D eigenvalue weighted by Gasteiger charge is -2.30. The Morgan fingerprint density at radius 1 is 1.25 bits per heavy atom. The molecule has 6 nitrogen and oxygen atoms in total.